The second-order valence-corrected chi connectivity index (χ2v) is 9.25. The number of aliphatic hydroxyl groups excluding tert-OH is 1. The van der Waals surface area contributed by atoms with E-state index < -0.39 is 77.5 Å². The monoisotopic (exact) mass is 778 g/mol. The number of aliphatic carboxylic acids is 3. The van der Waals surface area contributed by atoms with Crippen molar-refractivity contribution in [1.82, 2.24) is 0 Å². The summed E-state index contributed by atoms with van der Waals surface area (Å²) >= 11 is 0. The predicted molar refractivity (Wildman–Crippen MR) is 168 cm³/mol. The van der Waals surface area contributed by atoms with Gasteiger partial charge in [-0.15, -0.1) is 0 Å². The Labute approximate surface area is 373 Å². The third-order valence-electron chi connectivity index (χ3n) is 5.11. The van der Waals surface area contributed by atoms with Gasteiger partial charge in [-0.1, -0.05) is 50.1 Å². The molecule has 52 heavy (non-hydrogen) atoms. The van der Waals surface area contributed by atoms with E-state index in [1.165, 1.54) is 27.7 Å². The molecule has 20 heteroatoms. The average molecular weight is 779 g/mol. The Hall–Kier alpha value is -1.93. The van der Waals surface area contributed by atoms with Crippen molar-refractivity contribution < 1.29 is 171 Å². The predicted octanol–water partition coefficient (Wildman–Crippen LogP) is -9.20. The minimum absolute atomic E-state index is 0. The van der Waals surface area contributed by atoms with Crippen molar-refractivity contribution in [2.24, 2.45) is 23.7 Å². The molecule has 1 saturated heterocycles. The van der Waals surface area contributed by atoms with Crippen LogP contribution in [0.5, 0.6) is 0 Å². The van der Waals surface area contributed by atoms with Gasteiger partial charge in [0.1, 0.15) is 0 Å². The van der Waals surface area contributed by atoms with Gasteiger partial charge < -0.3 is 53.8 Å². The van der Waals surface area contributed by atoms with E-state index in [-0.39, 0.29) is 137 Å². The molecule has 6 atom stereocenters. The SMILES string of the molecule is C.C.C.C.C=COC(C)=O.CC(=O)OC(C)CC1C(=O)OC(=O)C1C.CC(=O)[O-].CC(O)CC(C(=O)[O-])C(C)C(=O)[O-].O=C1C=CC(=O)O1.[Na+].[Na+].[Na+]. The second-order valence-electron chi connectivity index (χ2n) is 9.25. The molecule has 2 aliphatic rings. The number of hydrogen-bond acceptors (Lipinski definition) is 17. The van der Waals surface area contributed by atoms with Crippen LogP contribution in [0.2, 0.25) is 0 Å². The van der Waals surface area contributed by atoms with Crippen molar-refractivity contribution in [2.75, 3.05) is 0 Å². The van der Waals surface area contributed by atoms with Crippen LogP contribution >= 0.6 is 0 Å². The van der Waals surface area contributed by atoms with E-state index >= 15 is 0 Å². The number of aliphatic hydroxyl groups is 1. The Morgan fingerprint density at radius 1 is 0.808 bits per heavy atom. The maximum atomic E-state index is 11.2. The van der Waals surface area contributed by atoms with E-state index in [1.54, 1.807) is 13.8 Å². The molecule has 0 aromatic carbocycles. The number of carboxylic acids is 3. The number of hydrogen-bond donors (Lipinski definition) is 1. The molecule has 0 aromatic rings. The summed E-state index contributed by atoms with van der Waals surface area (Å²) in [6.07, 6.45) is 2.20. The molecule has 1 fully saturated rings. The maximum absolute atomic E-state index is 11.2. The van der Waals surface area contributed by atoms with Gasteiger partial charge in [-0.05, 0) is 33.6 Å². The summed E-state index contributed by atoms with van der Waals surface area (Å²) in [4.78, 5) is 92.2. The third kappa shape index (κ3) is 42.5. The van der Waals surface area contributed by atoms with Crippen molar-refractivity contribution in [3.63, 3.8) is 0 Å². The van der Waals surface area contributed by atoms with Crippen molar-refractivity contribution in [1.29, 1.82) is 0 Å². The second kappa shape index (κ2) is 41.8. The summed E-state index contributed by atoms with van der Waals surface area (Å²) in [6.45, 7) is 12.7. The quantitative estimate of drug-likeness (QED) is 0.0748. The zero-order valence-electron chi connectivity index (χ0n) is 28.8. The van der Waals surface area contributed by atoms with Crippen LogP contribution < -0.4 is 104 Å². The van der Waals surface area contributed by atoms with Crippen LogP contribution in [0.3, 0.4) is 0 Å². The zero-order valence-corrected chi connectivity index (χ0v) is 34.8. The van der Waals surface area contributed by atoms with Gasteiger partial charge in [-0.25, -0.2) is 9.59 Å². The van der Waals surface area contributed by atoms with E-state index in [0.717, 1.165) is 25.3 Å². The van der Waals surface area contributed by atoms with Gasteiger partial charge in [-0.2, -0.15) is 0 Å². The largest absolute Gasteiger partial charge is 1.00 e. The maximum Gasteiger partial charge on any atom is 1.00 e. The number of esters is 6. The van der Waals surface area contributed by atoms with Crippen molar-refractivity contribution in [3.8, 4) is 0 Å². The molecule has 2 rings (SSSR count). The summed E-state index contributed by atoms with van der Waals surface area (Å²) in [5, 5.41) is 38.6. The van der Waals surface area contributed by atoms with Gasteiger partial charge in [0.25, 0.3) is 0 Å². The summed E-state index contributed by atoms with van der Waals surface area (Å²) in [7, 11) is 0. The first-order valence-corrected chi connectivity index (χ1v) is 13.0. The van der Waals surface area contributed by atoms with Crippen LogP contribution in [0.4, 0.5) is 0 Å². The Morgan fingerprint density at radius 2 is 1.21 bits per heavy atom. The van der Waals surface area contributed by atoms with Crippen LogP contribution in [0.25, 0.3) is 0 Å². The van der Waals surface area contributed by atoms with Crippen LogP contribution in [-0.4, -0.2) is 71.0 Å². The Kier molecular flexibility index (Phi) is 60.4. The summed E-state index contributed by atoms with van der Waals surface area (Å²) in [5.41, 5.74) is 0. The van der Waals surface area contributed by atoms with Crippen LogP contribution in [0, 0.1) is 23.7 Å². The molecule has 0 radical (unpaired) electrons. The van der Waals surface area contributed by atoms with E-state index in [9.17, 15) is 48.6 Å². The number of carbonyl (C=O) groups is 9. The van der Waals surface area contributed by atoms with Gasteiger partial charge in [0.2, 0.25) is 0 Å². The Bertz CT molecular complexity index is 1100. The number of carbonyl (C=O) groups excluding carboxylic acids is 9. The molecule has 0 aliphatic carbocycles. The number of cyclic esters (lactones) is 4. The Morgan fingerprint density at radius 3 is 1.40 bits per heavy atom. The first-order chi connectivity index (χ1) is 20.6. The summed E-state index contributed by atoms with van der Waals surface area (Å²) in [5.74, 6) is -10.2. The number of rotatable bonds is 9. The molecule has 0 spiro atoms. The smallest absolute Gasteiger partial charge is 0.550 e. The van der Waals surface area contributed by atoms with Crippen LogP contribution in [-0.2, 0) is 62.1 Å². The molecule has 0 amide bonds. The average Bonchev–Trinajstić information content (AvgIpc) is 3.37. The van der Waals surface area contributed by atoms with E-state index in [2.05, 4.69) is 20.8 Å². The molecule has 2 aliphatic heterocycles. The fraction of sp³-hybridized carbons (Fsp3) is 0.594. The van der Waals surface area contributed by atoms with Gasteiger partial charge in [-0.3, -0.25) is 19.2 Å². The molecule has 1 N–H and O–H groups in total. The van der Waals surface area contributed by atoms with Crippen LogP contribution in [0.15, 0.2) is 25.0 Å². The molecule has 0 saturated carbocycles. The first kappa shape index (κ1) is 75.1. The van der Waals surface area contributed by atoms with Gasteiger partial charge in [0, 0.05) is 55.7 Å². The molecular formula is C32H53Na3O17. The van der Waals surface area contributed by atoms with Crippen LogP contribution in [0.1, 0.15) is 91.0 Å². The van der Waals surface area contributed by atoms with Gasteiger partial charge in [0.15, 0.2) is 0 Å². The number of ether oxygens (including phenoxy) is 4. The van der Waals surface area contributed by atoms with E-state index in [0.29, 0.717) is 6.42 Å². The van der Waals surface area contributed by atoms with Crippen molar-refractivity contribution >= 4 is 53.7 Å². The molecule has 0 aromatic heterocycles. The van der Waals surface area contributed by atoms with E-state index in [1.807, 2.05) is 0 Å². The molecule has 2 heterocycles. The Balaban J connectivity index is -0.0000000546. The molecule has 0 bridgehead atoms. The minimum Gasteiger partial charge on any atom is -0.550 e. The zero-order chi connectivity index (χ0) is 36.0. The molecular weight excluding hydrogens is 725 g/mol. The fourth-order valence-electron chi connectivity index (χ4n) is 3.08. The molecule has 286 valence electrons. The minimum atomic E-state index is -1.47. The van der Waals surface area contributed by atoms with Crippen molar-refractivity contribution in [3.05, 3.63) is 25.0 Å². The van der Waals surface area contributed by atoms with Gasteiger partial charge in [0.05, 0.1) is 30.3 Å². The summed E-state index contributed by atoms with van der Waals surface area (Å²) < 4.78 is 17.5. The van der Waals surface area contributed by atoms with Crippen molar-refractivity contribution in [2.45, 2.75) is 103 Å². The van der Waals surface area contributed by atoms with Gasteiger partial charge >= 0.3 is 124 Å². The standard InChI is InChI=1S/C10H14O5.C8H14O5.C4H2O3.C4H6O2.C2H4O2.4CH4.3Na/c1-5(14-7(3)11)4-8-6(2)9(12)15-10(8)13;1-4(9)3-6(8(12)13)5(2)7(10)11;5-3-1-2-4(6)7-3;1-3-6-4(2)5;1-2(3)4;;;;;;;/h5-6,8H,4H2,1-3H3;4-6,9H,3H2,1-2H3,(H,10,11)(H,12,13);1-2H;3H,1H2,2H3;1H3,(H,3,4);4*1H4;;;/q;;;;;;;;;3*+1/p-3. The number of carboxylic acid groups (broad SMARTS) is 3. The fourth-order valence-corrected chi connectivity index (χ4v) is 3.08. The molecule has 17 nitrogen and oxygen atoms in total. The topological polar surface area (TPSA) is 280 Å². The van der Waals surface area contributed by atoms with E-state index in [4.69, 9.17) is 19.7 Å². The molecule has 6 unspecified atom stereocenters. The third-order valence-corrected chi connectivity index (χ3v) is 5.11. The first-order valence-electron chi connectivity index (χ1n) is 13.0. The summed E-state index contributed by atoms with van der Waals surface area (Å²) in [6, 6.07) is 0. The normalized spacial score (nSPS) is 15.9.